The molecule has 1 aromatic heterocycles. The van der Waals surface area contributed by atoms with Crippen molar-refractivity contribution in [1.29, 1.82) is 0 Å². The molecule has 2 aromatic rings. The molecule has 0 N–H and O–H groups in total. The lowest BCUT2D eigenvalue weighted by molar-refractivity contribution is 0.0632. The highest BCUT2D eigenvalue weighted by atomic mass is 16.2. The van der Waals surface area contributed by atoms with E-state index in [4.69, 9.17) is 0 Å². The van der Waals surface area contributed by atoms with Crippen molar-refractivity contribution in [2.24, 2.45) is 0 Å². The Bertz CT molecular complexity index is 713. The van der Waals surface area contributed by atoms with Gasteiger partial charge >= 0.3 is 0 Å². The Balaban J connectivity index is 1.97. The summed E-state index contributed by atoms with van der Waals surface area (Å²) >= 11 is 0. The number of carbonyl (C=O) groups excluding carboxylic acids is 1. The van der Waals surface area contributed by atoms with Gasteiger partial charge in [-0.3, -0.25) is 14.3 Å². The van der Waals surface area contributed by atoms with Crippen LogP contribution in [0.15, 0.2) is 41.2 Å². The Morgan fingerprint density at radius 2 is 1.81 bits per heavy atom. The van der Waals surface area contributed by atoms with Crippen LogP contribution in [-0.4, -0.2) is 32.8 Å². The Morgan fingerprint density at radius 1 is 1.10 bits per heavy atom. The largest absolute Gasteiger partial charge is 0.333 e. The van der Waals surface area contributed by atoms with Gasteiger partial charge in [-0.1, -0.05) is 30.3 Å². The van der Waals surface area contributed by atoms with Gasteiger partial charge in [0, 0.05) is 18.7 Å². The van der Waals surface area contributed by atoms with E-state index in [1.54, 1.807) is 4.68 Å². The summed E-state index contributed by atoms with van der Waals surface area (Å²) in [5.41, 5.74) is 1.43. The number of fused-ring (bicyclic) bond motifs is 1. The van der Waals surface area contributed by atoms with Crippen LogP contribution >= 0.6 is 0 Å². The van der Waals surface area contributed by atoms with Crippen molar-refractivity contribution in [3.8, 4) is 0 Å². The third-order valence-electron chi connectivity index (χ3n) is 3.92. The van der Waals surface area contributed by atoms with Crippen molar-refractivity contribution < 1.29 is 4.79 Å². The van der Waals surface area contributed by atoms with Crippen molar-refractivity contribution in [1.82, 2.24) is 14.3 Å². The molecule has 3 rings (SSSR count). The maximum Gasteiger partial charge on any atom is 0.272 e. The quantitative estimate of drug-likeness (QED) is 0.859. The van der Waals surface area contributed by atoms with E-state index < -0.39 is 0 Å². The number of nitrogens with zero attached hydrogens (tertiary/aromatic N) is 3. The first-order valence-electron chi connectivity index (χ1n) is 7.23. The summed E-state index contributed by atoms with van der Waals surface area (Å²) in [6.07, 6.45) is 0. The summed E-state index contributed by atoms with van der Waals surface area (Å²) in [6.45, 7) is 5.79. The fourth-order valence-electron chi connectivity index (χ4n) is 2.79. The minimum atomic E-state index is -0.118. The molecule has 0 saturated carbocycles. The van der Waals surface area contributed by atoms with E-state index >= 15 is 0 Å². The minimum Gasteiger partial charge on any atom is -0.333 e. The molecule has 0 unspecified atom stereocenters. The van der Waals surface area contributed by atoms with Gasteiger partial charge in [0.1, 0.15) is 5.69 Å². The van der Waals surface area contributed by atoms with Crippen LogP contribution in [0.3, 0.4) is 0 Å². The Hall–Kier alpha value is -2.30. The summed E-state index contributed by atoms with van der Waals surface area (Å²) in [6, 6.07) is 11.4. The van der Waals surface area contributed by atoms with Crippen LogP contribution in [0.5, 0.6) is 0 Å². The summed E-state index contributed by atoms with van der Waals surface area (Å²) < 4.78 is 3.47. The SMILES string of the molecule is CC(C)N1CCn2c(cc(=O)n2Cc2ccccc2)C1=O. The molecule has 2 heterocycles. The molecule has 0 aliphatic carbocycles. The lowest BCUT2D eigenvalue weighted by atomic mass is 10.2. The number of rotatable bonds is 3. The van der Waals surface area contributed by atoms with E-state index in [1.807, 2.05) is 53.8 Å². The van der Waals surface area contributed by atoms with Gasteiger partial charge in [-0.2, -0.15) is 0 Å². The molecule has 0 spiro atoms. The molecule has 110 valence electrons. The van der Waals surface area contributed by atoms with Crippen molar-refractivity contribution in [2.45, 2.75) is 33.0 Å². The standard InChI is InChI=1S/C16H19N3O2/c1-12(2)17-8-9-18-14(16(17)21)10-15(20)19(18)11-13-6-4-3-5-7-13/h3-7,10,12H,8-9,11H2,1-2H3. The number of hydrogen-bond acceptors (Lipinski definition) is 2. The molecule has 5 heteroatoms. The molecular formula is C16H19N3O2. The third kappa shape index (κ3) is 2.39. The predicted molar refractivity (Wildman–Crippen MR) is 80.4 cm³/mol. The average molecular weight is 285 g/mol. The van der Waals surface area contributed by atoms with Crippen LogP contribution in [0.1, 0.15) is 29.9 Å². The van der Waals surface area contributed by atoms with Gasteiger partial charge < -0.3 is 4.90 Å². The van der Waals surface area contributed by atoms with Crippen LogP contribution in [0.4, 0.5) is 0 Å². The molecule has 1 amide bonds. The number of carbonyl (C=O) groups is 1. The van der Waals surface area contributed by atoms with Gasteiger partial charge in [-0.05, 0) is 19.4 Å². The maximum absolute atomic E-state index is 12.4. The minimum absolute atomic E-state index is 0.0554. The maximum atomic E-state index is 12.4. The molecule has 21 heavy (non-hydrogen) atoms. The number of aromatic nitrogens is 2. The molecule has 5 nitrogen and oxygen atoms in total. The van der Waals surface area contributed by atoms with E-state index in [1.165, 1.54) is 6.07 Å². The highest BCUT2D eigenvalue weighted by molar-refractivity contribution is 5.93. The summed E-state index contributed by atoms with van der Waals surface area (Å²) in [5.74, 6) is -0.0554. The average Bonchev–Trinajstić information content (AvgIpc) is 2.78. The first-order chi connectivity index (χ1) is 10.1. The Kier molecular flexibility index (Phi) is 3.41. The molecule has 0 bridgehead atoms. The van der Waals surface area contributed by atoms with Gasteiger partial charge in [0.25, 0.3) is 11.5 Å². The highest BCUT2D eigenvalue weighted by Gasteiger charge is 2.29. The molecule has 0 radical (unpaired) electrons. The fourth-order valence-corrected chi connectivity index (χ4v) is 2.79. The first kappa shape index (κ1) is 13.7. The van der Waals surface area contributed by atoms with E-state index in [0.717, 1.165) is 5.56 Å². The van der Waals surface area contributed by atoms with Gasteiger partial charge in [0.15, 0.2) is 0 Å². The second-order valence-corrected chi connectivity index (χ2v) is 5.63. The van der Waals surface area contributed by atoms with Crippen LogP contribution in [0.2, 0.25) is 0 Å². The van der Waals surface area contributed by atoms with Crippen molar-refractivity contribution in [2.75, 3.05) is 6.54 Å². The normalized spacial score (nSPS) is 14.6. The van der Waals surface area contributed by atoms with E-state index in [0.29, 0.717) is 25.3 Å². The van der Waals surface area contributed by atoms with Gasteiger partial charge in [0.05, 0.1) is 13.1 Å². The monoisotopic (exact) mass is 285 g/mol. The molecule has 0 saturated heterocycles. The Morgan fingerprint density at radius 3 is 2.48 bits per heavy atom. The lowest BCUT2D eigenvalue weighted by Gasteiger charge is -2.32. The van der Waals surface area contributed by atoms with Crippen LogP contribution in [0, 0.1) is 0 Å². The second-order valence-electron chi connectivity index (χ2n) is 5.63. The van der Waals surface area contributed by atoms with Crippen molar-refractivity contribution >= 4 is 5.91 Å². The highest BCUT2D eigenvalue weighted by Crippen LogP contribution is 2.14. The molecule has 1 aromatic carbocycles. The van der Waals surface area contributed by atoms with Gasteiger partial charge in [0.2, 0.25) is 0 Å². The smallest absolute Gasteiger partial charge is 0.272 e. The molecule has 0 fully saturated rings. The van der Waals surface area contributed by atoms with Gasteiger partial charge in [-0.25, -0.2) is 4.68 Å². The topological polar surface area (TPSA) is 47.2 Å². The number of hydrogen-bond donors (Lipinski definition) is 0. The van der Waals surface area contributed by atoms with Crippen LogP contribution in [-0.2, 0) is 13.1 Å². The Labute approximate surface area is 123 Å². The lowest BCUT2D eigenvalue weighted by Crippen LogP contribution is -2.45. The number of amides is 1. The third-order valence-corrected chi connectivity index (χ3v) is 3.92. The van der Waals surface area contributed by atoms with Crippen molar-refractivity contribution in [3.63, 3.8) is 0 Å². The zero-order chi connectivity index (χ0) is 15.0. The zero-order valence-corrected chi connectivity index (χ0v) is 12.3. The summed E-state index contributed by atoms with van der Waals surface area (Å²) in [7, 11) is 0. The zero-order valence-electron chi connectivity index (χ0n) is 12.3. The predicted octanol–water partition coefficient (Wildman–Crippen LogP) is 1.56. The van der Waals surface area contributed by atoms with E-state index in [2.05, 4.69) is 0 Å². The molecule has 1 aliphatic rings. The van der Waals surface area contributed by atoms with E-state index in [-0.39, 0.29) is 17.5 Å². The molecular weight excluding hydrogens is 266 g/mol. The second kappa shape index (κ2) is 5.24. The van der Waals surface area contributed by atoms with Crippen LogP contribution < -0.4 is 5.56 Å². The van der Waals surface area contributed by atoms with Crippen LogP contribution in [0.25, 0.3) is 0 Å². The molecule has 1 aliphatic heterocycles. The van der Waals surface area contributed by atoms with E-state index in [9.17, 15) is 9.59 Å². The summed E-state index contributed by atoms with van der Waals surface area (Å²) in [4.78, 5) is 26.4. The first-order valence-corrected chi connectivity index (χ1v) is 7.23. The molecule has 0 atom stereocenters. The van der Waals surface area contributed by atoms with Crippen molar-refractivity contribution in [3.05, 3.63) is 58.0 Å². The van der Waals surface area contributed by atoms with Gasteiger partial charge in [-0.15, -0.1) is 0 Å². The summed E-state index contributed by atoms with van der Waals surface area (Å²) in [5, 5.41) is 0. The number of benzene rings is 1. The fraction of sp³-hybridized carbons (Fsp3) is 0.375.